The molecule has 23 heavy (non-hydrogen) atoms. The predicted molar refractivity (Wildman–Crippen MR) is 89.2 cm³/mol. The van der Waals surface area contributed by atoms with E-state index >= 15 is 0 Å². The molecule has 1 fully saturated rings. The fourth-order valence-electron chi connectivity index (χ4n) is 3.25. The van der Waals surface area contributed by atoms with E-state index in [1.807, 2.05) is 48.0 Å². The average molecular weight is 312 g/mol. The highest BCUT2D eigenvalue weighted by Gasteiger charge is 2.26. The molecule has 5 nitrogen and oxygen atoms in total. The molecule has 0 spiro atoms. The SMILES string of the molecule is CC(C)n1nccc1C(=O)N1CCC(Cc2cccnc2)CC1. The van der Waals surface area contributed by atoms with E-state index in [4.69, 9.17) is 0 Å². The summed E-state index contributed by atoms with van der Waals surface area (Å²) in [5.41, 5.74) is 1.99. The zero-order valence-electron chi connectivity index (χ0n) is 13.9. The normalized spacial score (nSPS) is 16.0. The van der Waals surface area contributed by atoms with Gasteiger partial charge in [0.2, 0.25) is 0 Å². The van der Waals surface area contributed by atoms with Crippen LogP contribution in [-0.2, 0) is 6.42 Å². The van der Waals surface area contributed by atoms with Crippen molar-refractivity contribution in [3.8, 4) is 0 Å². The lowest BCUT2D eigenvalue weighted by Gasteiger charge is -2.32. The van der Waals surface area contributed by atoms with E-state index in [-0.39, 0.29) is 11.9 Å². The summed E-state index contributed by atoms with van der Waals surface area (Å²) < 4.78 is 1.81. The van der Waals surface area contributed by atoms with Gasteiger partial charge in [-0.1, -0.05) is 6.07 Å². The molecule has 122 valence electrons. The first-order valence-corrected chi connectivity index (χ1v) is 8.37. The number of rotatable bonds is 4. The number of amides is 1. The predicted octanol–water partition coefficient (Wildman–Crippen LogP) is 2.95. The number of hydrogen-bond donors (Lipinski definition) is 0. The molecule has 0 unspecified atom stereocenters. The minimum absolute atomic E-state index is 0.107. The van der Waals surface area contributed by atoms with Crippen LogP contribution in [0.2, 0.25) is 0 Å². The Hall–Kier alpha value is -2.17. The van der Waals surface area contributed by atoms with Crippen molar-refractivity contribution in [3.05, 3.63) is 48.0 Å². The Bertz CT molecular complexity index is 642. The number of piperidine rings is 1. The number of pyridine rings is 1. The maximum absolute atomic E-state index is 12.7. The topological polar surface area (TPSA) is 51.0 Å². The second-order valence-electron chi connectivity index (χ2n) is 6.56. The summed E-state index contributed by atoms with van der Waals surface area (Å²) in [6.45, 7) is 5.74. The smallest absolute Gasteiger partial charge is 0.272 e. The molecule has 0 saturated carbocycles. The minimum Gasteiger partial charge on any atom is -0.337 e. The van der Waals surface area contributed by atoms with E-state index in [1.54, 1.807) is 6.20 Å². The van der Waals surface area contributed by atoms with Crippen LogP contribution in [0.3, 0.4) is 0 Å². The average Bonchev–Trinajstić information content (AvgIpc) is 3.06. The second kappa shape index (κ2) is 6.94. The van der Waals surface area contributed by atoms with E-state index < -0.39 is 0 Å². The molecule has 0 N–H and O–H groups in total. The number of carbonyl (C=O) groups excluding carboxylic acids is 1. The zero-order valence-corrected chi connectivity index (χ0v) is 13.9. The standard InChI is InChI=1S/C18H24N4O/c1-14(2)22-17(5-9-20-22)18(23)21-10-6-15(7-11-21)12-16-4-3-8-19-13-16/h3-5,8-9,13-15H,6-7,10-12H2,1-2H3. The van der Waals surface area contributed by atoms with Gasteiger partial charge in [0.15, 0.2) is 0 Å². The van der Waals surface area contributed by atoms with Crippen molar-refractivity contribution in [2.24, 2.45) is 5.92 Å². The molecule has 1 aliphatic rings. The molecule has 1 saturated heterocycles. The van der Waals surface area contributed by atoms with Gasteiger partial charge in [0.1, 0.15) is 5.69 Å². The zero-order chi connectivity index (χ0) is 16.2. The second-order valence-corrected chi connectivity index (χ2v) is 6.56. The first kappa shape index (κ1) is 15.7. The van der Waals surface area contributed by atoms with Crippen LogP contribution in [0.1, 0.15) is 48.8 Å². The lowest BCUT2D eigenvalue weighted by Crippen LogP contribution is -2.40. The van der Waals surface area contributed by atoms with Gasteiger partial charge in [-0.2, -0.15) is 5.10 Å². The van der Waals surface area contributed by atoms with Crippen molar-refractivity contribution in [2.75, 3.05) is 13.1 Å². The third-order valence-electron chi connectivity index (χ3n) is 4.53. The molecule has 5 heteroatoms. The van der Waals surface area contributed by atoms with Gasteiger partial charge in [0, 0.05) is 37.7 Å². The Morgan fingerprint density at radius 3 is 2.70 bits per heavy atom. The number of nitrogens with zero attached hydrogens (tertiary/aromatic N) is 4. The van der Waals surface area contributed by atoms with Crippen molar-refractivity contribution in [1.82, 2.24) is 19.7 Å². The molecule has 0 atom stereocenters. The molecule has 2 aromatic rings. The van der Waals surface area contributed by atoms with Gasteiger partial charge in [0.05, 0.1) is 0 Å². The third-order valence-corrected chi connectivity index (χ3v) is 4.53. The molecule has 0 aromatic carbocycles. The Morgan fingerprint density at radius 2 is 2.04 bits per heavy atom. The number of likely N-dealkylation sites (tertiary alicyclic amines) is 1. The summed E-state index contributed by atoms with van der Waals surface area (Å²) in [7, 11) is 0. The first-order valence-electron chi connectivity index (χ1n) is 8.37. The van der Waals surface area contributed by atoms with Crippen LogP contribution >= 0.6 is 0 Å². The maximum atomic E-state index is 12.7. The largest absolute Gasteiger partial charge is 0.337 e. The van der Waals surface area contributed by atoms with Gasteiger partial charge in [-0.3, -0.25) is 14.5 Å². The van der Waals surface area contributed by atoms with Crippen molar-refractivity contribution < 1.29 is 4.79 Å². The highest BCUT2D eigenvalue weighted by Crippen LogP contribution is 2.23. The van der Waals surface area contributed by atoms with Crippen molar-refractivity contribution in [3.63, 3.8) is 0 Å². The quantitative estimate of drug-likeness (QED) is 0.872. The minimum atomic E-state index is 0.107. The van der Waals surface area contributed by atoms with Crippen molar-refractivity contribution >= 4 is 5.91 Å². The molecular weight excluding hydrogens is 288 g/mol. The van der Waals surface area contributed by atoms with E-state index in [0.29, 0.717) is 11.6 Å². The van der Waals surface area contributed by atoms with Crippen molar-refractivity contribution in [1.29, 1.82) is 0 Å². The summed E-state index contributed by atoms with van der Waals surface area (Å²) >= 11 is 0. The van der Waals surface area contributed by atoms with Crippen LogP contribution in [-0.4, -0.2) is 38.7 Å². The molecule has 1 aliphatic heterocycles. The van der Waals surface area contributed by atoms with Crippen molar-refractivity contribution in [2.45, 2.75) is 39.2 Å². The molecule has 1 amide bonds. The Kier molecular flexibility index (Phi) is 4.74. The Balaban J connectivity index is 1.58. The van der Waals surface area contributed by atoms with E-state index in [1.165, 1.54) is 5.56 Å². The fourth-order valence-corrected chi connectivity index (χ4v) is 3.25. The lowest BCUT2D eigenvalue weighted by atomic mass is 9.90. The maximum Gasteiger partial charge on any atom is 0.272 e. The summed E-state index contributed by atoms with van der Waals surface area (Å²) in [6.07, 6.45) is 8.62. The molecule has 3 rings (SSSR count). The van der Waals surface area contributed by atoms with E-state index in [9.17, 15) is 4.79 Å². The number of aromatic nitrogens is 3. The molecule has 0 bridgehead atoms. The van der Waals surface area contributed by atoms with Gasteiger partial charge >= 0.3 is 0 Å². The monoisotopic (exact) mass is 312 g/mol. The molecule has 2 aromatic heterocycles. The first-order chi connectivity index (χ1) is 11.1. The summed E-state index contributed by atoms with van der Waals surface area (Å²) in [5, 5.41) is 4.26. The van der Waals surface area contributed by atoms with Crippen LogP contribution < -0.4 is 0 Å². The lowest BCUT2D eigenvalue weighted by molar-refractivity contribution is 0.0676. The summed E-state index contributed by atoms with van der Waals surface area (Å²) in [6, 6.07) is 6.14. The summed E-state index contributed by atoms with van der Waals surface area (Å²) in [4.78, 5) is 18.9. The molecule has 0 radical (unpaired) electrons. The third kappa shape index (κ3) is 3.60. The highest BCUT2D eigenvalue weighted by atomic mass is 16.2. The van der Waals surface area contributed by atoms with Crippen LogP contribution in [0.15, 0.2) is 36.8 Å². The van der Waals surface area contributed by atoms with Crippen LogP contribution in [0.5, 0.6) is 0 Å². The van der Waals surface area contributed by atoms with Gasteiger partial charge in [-0.15, -0.1) is 0 Å². The Labute approximate surface area is 137 Å². The molecular formula is C18H24N4O. The summed E-state index contributed by atoms with van der Waals surface area (Å²) in [5.74, 6) is 0.745. The highest BCUT2D eigenvalue weighted by molar-refractivity contribution is 5.92. The fraction of sp³-hybridized carbons (Fsp3) is 0.500. The van der Waals surface area contributed by atoms with Crippen LogP contribution in [0.25, 0.3) is 0 Å². The van der Waals surface area contributed by atoms with Gasteiger partial charge in [0.25, 0.3) is 5.91 Å². The van der Waals surface area contributed by atoms with Crippen LogP contribution in [0.4, 0.5) is 0 Å². The Morgan fingerprint density at radius 1 is 1.26 bits per heavy atom. The molecule has 3 heterocycles. The van der Waals surface area contributed by atoms with Gasteiger partial charge < -0.3 is 4.90 Å². The number of carbonyl (C=O) groups is 1. The van der Waals surface area contributed by atoms with Crippen LogP contribution in [0, 0.1) is 5.92 Å². The van der Waals surface area contributed by atoms with Gasteiger partial charge in [-0.25, -0.2) is 0 Å². The van der Waals surface area contributed by atoms with Gasteiger partial charge in [-0.05, 0) is 56.7 Å². The number of hydrogen-bond acceptors (Lipinski definition) is 3. The van der Waals surface area contributed by atoms with E-state index in [2.05, 4.69) is 16.1 Å². The van der Waals surface area contributed by atoms with E-state index in [0.717, 1.165) is 32.4 Å². The molecule has 0 aliphatic carbocycles.